The number of halogens is 1. The zero-order valence-electron chi connectivity index (χ0n) is 10.5. The van der Waals surface area contributed by atoms with Crippen LogP contribution in [0.2, 0.25) is 0 Å². The van der Waals surface area contributed by atoms with Crippen LogP contribution < -0.4 is 11.1 Å². The Kier molecular flexibility index (Phi) is 8.51. The van der Waals surface area contributed by atoms with Crippen molar-refractivity contribution in [3.63, 3.8) is 0 Å². The van der Waals surface area contributed by atoms with E-state index in [1.54, 1.807) is 7.11 Å². The number of rotatable bonds is 6. The Morgan fingerprint density at radius 2 is 2.29 bits per heavy atom. The lowest BCUT2D eigenvalue weighted by molar-refractivity contribution is -0.133. The van der Waals surface area contributed by atoms with Gasteiger partial charge in [-0.2, -0.15) is 0 Å². The maximum Gasteiger partial charge on any atom is 0.249 e. The molecular weight excluding hydrogens is 244 g/mol. The van der Waals surface area contributed by atoms with Gasteiger partial charge < -0.3 is 20.5 Å². The van der Waals surface area contributed by atoms with Gasteiger partial charge in [0, 0.05) is 13.7 Å². The second-order valence-electron chi connectivity index (χ2n) is 4.13. The van der Waals surface area contributed by atoms with Crippen molar-refractivity contribution in [2.45, 2.75) is 44.4 Å². The molecule has 1 aliphatic heterocycles. The summed E-state index contributed by atoms with van der Waals surface area (Å²) in [6.07, 6.45) is 2.19. The zero-order chi connectivity index (χ0) is 12.0. The summed E-state index contributed by atoms with van der Waals surface area (Å²) >= 11 is 0. The maximum absolute atomic E-state index is 11.8. The van der Waals surface area contributed by atoms with Crippen molar-refractivity contribution >= 4 is 18.3 Å². The molecule has 0 aromatic heterocycles. The third-order valence-corrected chi connectivity index (χ3v) is 2.87. The number of hydrogen-bond donors (Lipinski definition) is 2. The van der Waals surface area contributed by atoms with Gasteiger partial charge in [-0.1, -0.05) is 6.92 Å². The number of nitrogens with one attached hydrogen (secondary N) is 1. The van der Waals surface area contributed by atoms with Crippen LogP contribution in [0.5, 0.6) is 0 Å². The molecule has 0 saturated carbocycles. The Labute approximate surface area is 109 Å². The molecule has 1 rings (SSSR count). The van der Waals surface area contributed by atoms with E-state index in [4.69, 9.17) is 15.2 Å². The first-order chi connectivity index (χ1) is 7.71. The summed E-state index contributed by atoms with van der Waals surface area (Å²) in [5.41, 5.74) is 5.49. The van der Waals surface area contributed by atoms with Crippen molar-refractivity contribution in [1.82, 2.24) is 5.32 Å². The molecule has 1 saturated heterocycles. The molecule has 0 bridgehead atoms. The van der Waals surface area contributed by atoms with Crippen molar-refractivity contribution < 1.29 is 14.3 Å². The molecule has 0 aromatic rings. The molecule has 0 aliphatic carbocycles. The average molecular weight is 267 g/mol. The van der Waals surface area contributed by atoms with Crippen LogP contribution in [0.4, 0.5) is 0 Å². The Morgan fingerprint density at radius 3 is 2.76 bits per heavy atom. The van der Waals surface area contributed by atoms with Crippen molar-refractivity contribution in [3.05, 3.63) is 0 Å². The number of methoxy groups -OCH3 is 1. The van der Waals surface area contributed by atoms with E-state index in [1.807, 2.05) is 6.92 Å². The monoisotopic (exact) mass is 266 g/mol. The molecule has 0 aromatic carbocycles. The standard InChI is InChI=1S/C11H22N2O3.ClH/c1-3-8(7-15-2)13-11(14)10-5-4-9(6-12)16-10;/h8-10H,3-7,12H2,1-2H3,(H,13,14);1H/t8?,9-,10+;/m1./s1. The van der Waals surface area contributed by atoms with Crippen LogP contribution in [0.25, 0.3) is 0 Å². The van der Waals surface area contributed by atoms with E-state index in [0.717, 1.165) is 19.3 Å². The topological polar surface area (TPSA) is 73.6 Å². The van der Waals surface area contributed by atoms with Gasteiger partial charge in [-0.05, 0) is 19.3 Å². The fourth-order valence-electron chi connectivity index (χ4n) is 1.83. The highest BCUT2D eigenvalue weighted by Gasteiger charge is 2.30. The van der Waals surface area contributed by atoms with Crippen LogP contribution >= 0.6 is 12.4 Å². The van der Waals surface area contributed by atoms with E-state index in [1.165, 1.54) is 0 Å². The summed E-state index contributed by atoms with van der Waals surface area (Å²) < 4.78 is 10.5. The summed E-state index contributed by atoms with van der Waals surface area (Å²) in [5, 5.41) is 2.92. The lowest BCUT2D eigenvalue weighted by Gasteiger charge is -2.19. The second-order valence-corrected chi connectivity index (χ2v) is 4.13. The highest BCUT2D eigenvalue weighted by atomic mass is 35.5. The van der Waals surface area contributed by atoms with Gasteiger partial charge >= 0.3 is 0 Å². The molecule has 17 heavy (non-hydrogen) atoms. The predicted octanol–water partition coefficient (Wildman–Crippen LogP) is 0.456. The molecule has 0 spiro atoms. The van der Waals surface area contributed by atoms with E-state index in [-0.39, 0.29) is 36.6 Å². The lowest BCUT2D eigenvalue weighted by Crippen LogP contribution is -2.43. The lowest BCUT2D eigenvalue weighted by atomic mass is 10.1. The molecule has 1 heterocycles. The summed E-state index contributed by atoms with van der Waals surface area (Å²) in [4.78, 5) is 11.8. The van der Waals surface area contributed by atoms with E-state index in [0.29, 0.717) is 13.2 Å². The molecule has 102 valence electrons. The minimum atomic E-state index is -0.334. The Bertz CT molecular complexity index is 229. The maximum atomic E-state index is 11.8. The van der Waals surface area contributed by atoms with Gasteiger partial charge in [-0.15, -0.1) is 12.4 Å². The van der Waals surface area contributed by atoms with Crippen LogP contribution in [0.3, 0.4) is 0 Å². The number of hydrogen-bond acceptors (Lipinski definition) is 4. The highest BCUT2D eigenvalue weighted by Crippen LogP contribution is 2.19. The van der Waals surface area contributed by atoms with Gasteiger partial charge in [-0.25, -0.2) is 0 Å². The number of ether oxygens (including phenoxy) is 2. The van der Waals surface area contributed by atoms with E-state index >= 15 is 0 Å². The third-order valence-electron chi connectivity index (χ3n) is 2.87. The highest BCUT2D eigenvalue weighted by molar-refractivity contribution is 5.85. The first-order valence-electron chi connectivity index (χ1n) is 5.86. The van der Waals surface area contributed by atoms with E-state index in [2.05, 4.69) is 5.32 Å². The molecule has 1 aliphatic rings. The number of carbonyl (C=O) groups excluding carboxylic acids is 1. The van der Waals surface area contributed by atoms with E-state index < -0.39 is 0 Å². The molecule has 3 N–H and O–H groups in total. The fraction of sp³-hybridized carbons (Fsp3) is 0.909. The van der Waals surface area contributed by atoms with Gasteiger partial charge in [0.2, 0.25) is 5.91 Å². The first kappa shape index (κ1) is 16.6. The summed E-state index contributed by atoms with van der Waals surface area (Å²) in [6, 6.07) is 0.0676. The summed E-state index contributed by atoms with van der Waals surface area (Å²) in [6.45, 7) is 3.04. The van der Waals surface area contributed by atoms with E-state index in [9.17, 15) is 4.79 Å². The van der Waals surface area contributed by atoms with Gasteiger partial charge in [0.25, 0.3) is 0 Å². The normalized spacial score (nSPS) is 25.1. The van der Waals surface area contributed by atoms with Crippen LogP contribution in [0.15, 0.2) is 0 Å². The zero-order valence-corrected chi connectivity index (χ0v) is 11.3. The summed E-state index contributed by atoms with van der Waals surface area (Å²) in [5.74, 6) is -0.0418. The SMILES string of the molecule is CCC(COC)NC(=O)[C@@H]1CC[C@H](CN)O1.Cl. The Balaban J connectivity index is 0.00000256. The molecule has 6 heteroatoms. The average Bonchev–Trinajstić information content (AvgIpc) is 2.76. The number of nitrogens with two attached hydrogens (primary N) is 1. The quantitative estimate of drug-likeness (QED) is 0.732. The van der Waals surface area contributed by atoms with Crippen LogP contribution in [0.1, 0.15) is 26.2 Å². The van der Waals surface area contributed by atoms with Crippen molar-refractivity contribution in [1.29, 1.82) is 0 Å². The van der Waals surface area contributed by atoms with Crippen molar-refractivity contribution in [2.75, 3.05) is 20.3 Å². The third kappa shape index (κ3) is 5.21. The largest absolute Gasteiger partial charge is 0.383 e. The summed E-state index contributed by atoms with van der Waals surface area (Å²) in [7, 11) is 1.63. The van der Waals surface area contributed by atoms with Gasteiger partial charge in [0.15, 0.2) is 0 Å². The second kappa shape index (κ2) is 8.69. The molecular formula is C11H23ClN2O3. The molecule has 1 amide bonds. The molecule has 1 unspecified atom stereocenters. The predicted molar refractivity (Wildman–Crippen MR) is 68.3 cm³/mol. The van der Waals surface area contributed by atoms with Crippen LogP contribution in [0, 0.1) is 0 Å². The molecule has 1 fully saturated rings. The number of carbonyl (C=O) groups is 1. The molecule has 5 nitrogen and oxygen atoms in total. The van der Waals surface area contributed by atoms with Gasteiger partial charge in [0.05, 0.1) is 18.8 Å². The van der Waals surface area contributed by atoms with Gasteiger partial charge in [-0.3, -0.25) is 4.79 Å². The fourth-order valence-corrected chi connectivity index (χ4v) is 1.83. The number of amides is 1. The van der Waals surface area contributed by atoms with Crippen LogP contribution in [-0.2, 0) is 14.3 Å². The van der Waals surface area contributed by atoms with Crippen molar-refractivity contribution in [2.24, 2.45) is 5.73 Å². The smallest absolute Gasteiger partial charge is 0.249 e. The van der Waals surface area contributed by atoms with Crippen molar-refractivity contribution in [3.8, 4) is 0 Å². The first-order valence-corrected chi connectivity index (χ1v) is 5.86. The molecule has 3 atom stereocenters. The molecule has 0 radical (unpaired) electrons. The minimum Gasteiger partial charge on any atom is -0.383 e. The van der Waals surface area contributed by atoms with Crippen LogP contribution in [-0.4, -0.2) is 44.4 Å². The Hall–Kier alpha value is -0.360. The Morgan fingerprint density at radius 1 is 1.59 bits per heavy atom. The van der Waals surface area contributed by atoms with Gasteiger partial charge in [0.1, 0.15) is 6.10 Å². The minimum absolute atomic E-state index is 0.